The van der Waals surface area contributed by atoms with Gasteiger partial charge in [-0.3, -0.25) is 0 Å². The van der Waals surface area contributed by atoms with Crippen LogP contribution in [0.15, 0.2) is 188 Å². The van der Waals surface area contributed by atoms with Gasteiger partial charge in [0.05, 0.1) is 22.4 Å². The first kappa shape index (κ1) is 30.7. The molecule has 0 aliphatic carbocycles. The average molecular weight is 706 g/mol. The molecular weight excluding hydrogens is 675 g/mol. The summed E-state index contributed by atoms with van der Waals surface area (Å²) in [5.74, 6) is 0.717. The van der Waals surface area contributed by atoms with E-state index in [1.165, 1.54) is 58.5 Å². The lowest BCUT2D eigenvalue weighted by Gasteiger charge is -2.14. The summed E-state index contributed by atoms with van der Waals surface area (Å²) in [4.78, 5) is 10.5. The first-order valence-electron chi connectivity index (χ1n) is 18.2. The van der Waals surface area contributed by atoms with E-state index in [-0.39, 0.29) is 0 Å². The fourth-order valence-corrected chi connectivity index (χ4v) is 9.38. The number of rotatable bonds is 5. The van der Waals surface area contributed by atoms with Crippen LogP contribution in [0.5, 0.6) is 0 Å². The second kappa shape index (κ2) is 12.4. The molecule has 8 aromatic carbocycles. The Labute approximate surface area is 316 Å². The third-order valence-electron chi connectivity index (χ3n) is 10.6. The van der Waals surface area contributed by atoms with Crippen molar-refractivity contribution in [3.8, 4) is 50.7 Å². The Bertz CT molecular complexity index is 3210. The van der Waals surface area contributed by atoms with Crippen LogP contribution in [0.2, 0.25) is 0 Å². The second-order valence-corrected chi connectivity index (χ2v) is 14.8. The van der Waals surface area contributed by atoms with E-state index in [9.17, 15) is 0 Å². The lowest BCUT2D eigenvalue weighted by atomic mass is 9.92. The average Bonchev–Trinajstić information content (AvgIpc) is 3.79. The van der Waals surface area contributed by atoms with E-state index in [4.69, 9.17) is 9.97 Å². The lowest BCUT2D eigenvalue weighted by molar-refractivity contribution is 1.18. The van der Waals surface area contributed by atoms with Crippen LogP contribution in [0.3, 0.4) is 0 Å². The molecule has 4 heteroatoms. The van der Waals surface area contributed by atoms with Crippen molar-refractivity contribution in [2.75, 3.05) is 0 Å². The summed E-state index contributed by atoms with van der Waals surface area (Å²) < 4.78 is 4.89. The standard InChI is InChI=1S/C50H31N3S/c1-3-14-32(15-4-1)50-51-44(31-45(52-50)42-23-13-22-41-40-21-10-12-25-48(40)54-49(41)42)38-28-27-35(36-18-7-8-19-37(36)38)33-26-29-47-43(30-33)39-20-9-11-24-46(39)53(47)34-16-5-2-6-17-34/h1-31H. The fourth-order valence-electron chi connectivity index (χ4n) is 8.16. The van der Waals surface area contributed by atoms with E-state index in [2.05, 4.69) is 187 Å². The van der Waals surface area contributed by atoms with E-state index in [1.54, 1.807) is 0 Å². The van der Waals surface area contributed by atoms with Crippen LogP contribution in [-0.2, 0) is 0 Å². The molecule has 0 saturated carbocycles. The minimum atomic E-state index is 0.717. The molecule has 54 heavy (non-hydrogen) atoms. The van der Waals surface area contributed by atoms with Crippen molar-refractivity contribution < 1.29 is 0 Å². The van der Waals surface area contributed by atoms with Gasteiger partial charge < -0.3 is 4.57 Å². The summed E-state index contributed by atoms with van der Waals surface area (Å²) in [6.45, 7) is 0. The van der Waals surface area contributed by atoms with Crippen molar-refractivity contribution >= 4 is 64.1 Å². The number of hydrogen-bond acceptors (Lipinski definition) is 3. The predicted molar refractivity (Wildman–Crippen MR) is 229 cm³/mol. The van der Waals surface area contributed by atoms with E-state index < -0.39 is 0 Å². The molecule has 0 radical (unpaired) electrons. The van der Waals surface area contributed by atoms with Crippen molar-refractivity contribution in [3.05, 3.63) is 188 Å². The molecule has 0 fully saturated rings. The number of nitrogens with zero attached hydrogens (tertiary/aromatic N) is 3. The molecule has 11 rings (SSSR count). The van der Waals surface area contributed by atoms with Gasteiger partial charge >= 0.3 is 0 Å². The highest BCUT2D eigenvalue weighted by Crippen LogP contribution is 2.42. The van der Waals surface area contributed by atoms with Crippen molar-refractivity contribution in [2.24, 2.45) is 0 Å². The Morgan fingerprint density at radius 2 is 0.981 bits per heavy atom. The summed E-state index contributed by atoms with van der Waals surface area (Å²) >= 11 is 1.83. The van der Waals surface area contributed by atoms with E-state index >= 15 is 0 Å². The maximum atomic E-state index is 5.27. The molecule has 0 amide bonds. The van der Waals surface area contributed by atoms with Gasteiger partial charge in [-0.1, -0.05) is 146 Å². The van der Waals surface area contributed by atoms with E-state index in [0.717, 1.165) is 45.0 Å². The van der Waals surface area contributed by atoms with Crippen LogP contribution in [0.4, 0.5) is 0 Å². The molecule has 3 heterocycles. The quantitative estimate of drug-likeness (QED) is 0.178. The normalized spacial score (nSPS) is 11.7. The van der Waals surface area contributed by atoms with Crippen molar-refractivity contribution in [3.63, 3.8) is 0 Å². The lowest BCUT2D eigenvalue weighted by Crippen LogP contribution is -1.97. The highest BCUT2D eigenvalue weighted by molar-refractivity contribution is 7.26. The van der Waals surface area contributed by atoms with Gasteiger partial charge in [0.25, 0.3) is 0 Å². The summed E-state index contributed by atoms with van der Waals surface area (Å²) in [7, 11) is 0. The van der Waals surface area contributed by atoms with Crippen LogP contribution in [-0.4, -0.2) is 14.5 Å². The molecule has 252 valence electrons. The van der Waals surface area contributed by atoms with Crippen molar-refractivity contribution in [2.45, 2.75) is 0 Å². The third-order valence-corrected chi connectivity index (χ3v) is 11.9. The molecule has 0 bridgehead atoms. The summed E-state index contributed by atoms with van der Waals surface area (Å²) in [6.07, 6.45) is 0. The van der Waals surface area contributed by atoms with Crippen molar-refractivity contribution in [1.29, 1.82) is 0 Å². The van der Waals surface area contributed by atoms with Crippen LogP contribution in [0.25, 0.3) is 103 Å². The fraction of sp³-hybridized carbons (Fsp3) is 0. The summed E-state index contributed by atoms with van der Waals surface area (Å²) in [5, 5.41) is 7.37. The molecule has 3 nitrogen and oxygen atoms in total. The number of fused-ring (bicyclic) bond motifs is 7. The van der Waals surface area contributed by atoms with Gasteiger partial charge in [-0.25, -0.2) is 9.97 Å². The minimum absolute atomic E-state index is 0.717. The van der Waals surface area contributed by atoms with Crippen LogP contribution < -0.4 is 0 Å². The number of hydrogen-bond donors (Lipinski definition) is 0. The van der Waals surface area contributed by atoms with Gasteiger partial charge in [0.1, 0.15) is 0 Å². The highest BCUT2D eigenvalue weighted by Gasteiger charge is 2.18. The van der Waals surface area contributed by atoms with Crippen LogP contribution in [0.1, 0.15) is 0 Å². The highest BCUT2D eigenvalue weighted by atomic mass is 32.1. The number of benzene rings is 8. The van der Waals surface area contributed by atoms with Crippen molar-refractivity contribution in [1.82, 2.24) is 14.5 Å². The van der Waals surface area contributed by atoms with Crippen LogP contribution >= 0.6 is 11.3 Å². The van der Waals surface area contributed by atoms with Gasteiger partial charge in [0.15, 0.2) is 5.82 Å². The molecule has 0 atom stereocenters. The third kappa shape index (κ3) is 4.88. The monoisotopic (exact) mass is 705 g/mol. The number of aromatic nitrogens is 3. The summed E-state index contributed by atoms with van der Waals surface area (Å²) in [5.41, 5.74) is 11.0. The maximum absolute atomic E-state index is 5.27. The number of para-hydroxylation sites is 2. The topological polar surface area (TPSA) is 30.7 Å². The van der Waals surface area contributed by atoms with Gasteiger partial charge in [0, 0.05) is 53.3 Å². The molecule has 0 N–H and O–H groups in total. The van der Waals surface area contributed by atoms with Gasteiger partial charge in [0.2, 0.25) is 0 Å². The smallest absolute Gasteiger partial charge is 0.160 e. The first-order valence-corrected chi connectivity index (χ1v) is 19.1. The van der Waals surface area contributed by atoms with E-state index in [0.29, 0.717) is 0 Å². The second-order valence-electron chi connectivity index (χ2n) is 13.7. The number of thiophene rings is 1. The summed E-state index contributed by atoms with van der Waals surface area (Å²) in [6, 6.07) is 67.2. The largest absolute Gasteiger partial charge is 0.309 e. The predicted octanol–water partition coefficient (Wildman–Crippen LogP) is 13.8. The van der Waals surface area contributed by atoms with E-state index in [1.807, 2.05) is 17.4 Å². The Morgan fingerprint density at radius 1 is 0.370 bits per heavy atom. The Kier molecular flexibility index (Phi) is 7.04. The maximum Gasteiger partial charge on any atom is 0.160 e. The minimum Gasteiger partial charge on any atom is -0.309 e. The molecule has 0 spiro atoms. The van der Waals surface area contributed by atoms with Gasteiger partial charge in [-0.05, 0) is 64.4 Å². The zero-order valence-electron chi connectivity index (χ0n) is 29.1. The molecule has 0 aliphatic heterocycles. The molecule has 3 aromatic heterocycles. The Hall–Kier alpha value is -6.88. The van der Waals surface area contributed by atoms with Gasteiger partial charge in [-0.2, -0.15) is 0 Å². The van der Waals surface area contributed by atoms with Crippen LogP contribution in [0, 0.1) is 0 Å². The molecule has 0 unspecified atom stereocenters. The molecule has 11 aromatic rings. The Balaban J connectivity index is 1.11. The first-order chi connectivity index (χ1) is 26.8. The zero-order valence-corrected chi connectivity index (χ0v) is 30.0. The Morgan fingerprint density at radius 3 is 1.80 bits per heavy atom. The van der Waals surface area contributed by atoms with Gasteiger partial charge in [-0.15, -0.1) is 11.3 Å². The zero-order chi connectivity index (χ0) is 35.6. The SMILES string of the molecule is c1ccc(-c2nc(-c3ccc(-c4ccc5c(c4)c4ccccc4n5-c4ccccc4)c4ccccc34)cc(-c3cccc4c3sc3ccccc34)n2)cc1. The molecule has 0 saturated heterocycles. The molecule has 0 aliphatic rings. The molecular formula is C50H31N3S.